The van der Waals surface area contributed by atoms with Gasteiger partial charge >= 0.3 is 0 Å². The van der Waals surface area contributed by atoms with E-state index in [-0.39, 0.29) is 16.7 Å². The van der Waals surface area contributed by atoms with Crippen LogP contribution in [0.5, 0.6) is 11.5 Å². The van der Waals surface area contributed by atoms with Gasteiger partial charge in [-0.05, 0) is 31.9 Å². The van der Waals surface area contributed by atoms with Crippen LogP contribution in [0.2, 0.25) is 0 Å². The first-order valence-corrected chi connectivity index (χ1v) is 7.25. The summed E-state index contributed by atoms with van der Waals surface area (Å²) in [4.78, 5) is 10.9. The molecule has 0 aliphatic carbocycles. The SMILES string of the molecule is CNC(Cc1cc2c(cc1[N+](=O)[O-])OCCO2)CC(C)C. The summed E-state index contributed by atoms with van der Waals surface area (Å²) < 4.78 is 10.9. The predicted molar refractivity (Wildman–Crippen MR) is 80.1 cm³/mol. The van der Waals surface area contributed by atoms with Crippen LogP contribution >= 0.6 is 0 Å². The Bertz CT molecular complexity index is 517. The minimum absolute atomic E-state index is 0.100. The van der Waals surface area contributed by atoms with E-state index in [0.29, 0.717) is 42.6 Å². The number of fused-ring (bicyclic) bond motifs is 1. The summed E-state index contributed by atoms with van der Waals surface area (Å²) in [5, 5.41) is 14.5. The molecule has 0 radical (unpaired) electrons. The fourth-order valence-electron chi connectivity index (χ4n) is 2.59. The van der Waals surface area contributed by atoms with Gasteiger partial charge in [-0.1, -0.05) is 13.8 Å². The molecular formula is C15H22N2O4. The van der Waals surface area contributed by atoms with Crippen LogP contribution in [0, 0.1) is 16.0 Å². The van der Waals surface area contributed by atoms with E-state index in [0.717, 1.165) is 6.42 Å². The lowest BCUT2D eigenvalue weighted by atomic mass is 9.96. The molecule has 1 aromatic carbocycles. The van der Waals surface area contributed by atoms with Crippen LogP contribution in [-0.2, 0) is 6.42 Å². The number of nitro groups is 1. The summed E-state index contributed by atoms with van der Waals surface area (Å²) >= 11 is 0. The van der Waals surface area contributed by atoms with Gasteiger partial charge in [0.15, 0.2) is 11.5 Å². The molecule has 0 aromatic heterocycles. The summed E-state index contributed by atoms with van der Waals surface area (Å²) in [5.41, 5.74) is 0.785. The van der Waals surface area contributed by atoms with Crippen molar-refractivity contribution < 1.29 is 14.4 Å². The fourth-order valence-corrected chi connectivity index (χ4v) is 2.59. The van der Waals surface area contributed by atoms with Crippen molar-refractivity contribution in [3.05, 3.63) is 27.8 Å². The van der Waals surface area contributed by atoms with E-state index in [4.69, 9.17) is 9.47 Å². The van der Waals surface area contributed by atoms with Gasteiger partial charge in [-0.3, -0.25) is 10.1 Å². The third-order valence-electron chi connectivity index (χ3n) is 3.57. The van der Waals surface area contributed by atoms with Crippen LogP contribution in [-0.4, -0.2) is 31.2 Å². The first kappa shape index (κ1) is 15.6. The van der Waals surface area contributed by atoms with Crippen LogP contribution in [0.4, 0.5) is 5.69 Å². The van der Waals surface area contributed by atoms with Gasteiger partial charge in [0.25, 0.3) is 5.69 Å². The van der Waals surface area contributed by atoms with E-state index in [1.165, 1.54) is 6.07 Å². The zero-order valence-corrected chi connectivity index (χ0v) is 12.7. The molecule has 1 atom stereocenters. The van der Waals surface area contributed by atoms with Crippen LogP contribution in [0.1, 0.15) is 25.8 Å². The number of ether oxygens (including phenoxy) is 2. The van der Waals surface area contributed by atoms with Crippen LogP contribution in [0.25, 0.3) is 0 Å². The first-order valence-electron chi connectivity index (χ1n) is 7.25. The van der Waals surface area contributed by atoms with Crippen molar-refractivity contribution in [1.29, 1.82) is 0 Å². The lowest BCUT2D eigenvalue weighted by Crippen LogP contribution is -2.29. The maximum absolute atomic E-state index is 11.3. The van der Waals surface area contributed by atoms with E-state index in [1.54, 1.807) is 6.07 Å². The predicted octanol–water partition coefficient (Wildman–Crippen LogP) is 2.54. The van der Waals surface area contributed by atoms with Gasteiger partial charge in [-0.2, -0.15) is 0 Å². The largest absolute Gasteiger partial charge is 0.486 e. The standard InChI is InChI=1S/C15H22N2O4/c1-10(2)6-12(16-3)7-11-8-14-15(21-5-4-20-14)9-13(11)17(18)19/h8-10,12,16H,4-7H2,1-3H3. The Morgan fingerprint density at radius 3 is 2.43 bits per heavy atom. The molecule has 0 amide bonds. The van der Waals surface area contributed by atoms with Crippen molar-refractivity contribution in [2.24, 2.45) is 5.92 Å². The molecule has 1 aliphatic rings. The topological polar surface area (TPSA) is 73.6 Å². The summed E-state index contributed by atoms with van der Waals surface area (Å²) in [6.07, 6.45) is 1.56. The highest BCUT2D eigenvalue weighted by Gasteiger charge is 2.24. The molecule has 1 aliphatic heterocycles. The fraction of sp³-hybridized carbons (Fsp3) is 0.600. The smallest absolute Gasteiger partial charge is 0.276 e. The van der Waals surface area contributed by atoms with Gasteiger partial charge in [-0.25, -0.2) is 0 Å². The van der Waals surface area contributed by atoms with Crippen molar-refractivity contribution in [3.8, 4) is 11.5 Å². The molecule has 2 rings (SSSR count). The van der Waals surface area contributed by atoms with Crippen molar-refractivity contribution in [3.63, 3.8) is 0 Å². The Kier molecular flexibility index (Phi) is 5.01. The average molecular weight is 294 g/mol. The van der Waals surface area contributed by atoms with Crippen molar-refractivity contribution in [2.45, 2.75) is 32.7 Å². The van der Waals surface area contributed by atoms with E-state index >= 15 is 0 Å². The van der Waals surface area contributed by atoms with Crippen LogP contribution in [0.3, 0.4) is 0 Å². The third-order valence-corrected chi connectivity index (χ3v) is 3.57. The molecule has 0 saturated heterocycles. The second-order valence-electron chi connectivity index (χ2n) is 5.70. The summed E-state index contributed by atoms with van der Waals surface area (Å²) in [7, 11) is 1.89. The molecule has 1 unspecified atom stereocenters. The minimum Gasteiger partial charge on any atom is -0.486 e. The average Bonchev–Trinajstić information content (AvgIpc) is 2.45. The molecule has 21 heavy (non-hydrogen) atoms. The summed E-state index contributed by atoms with van der Waals surface area (Å²) in [6, 6.07) is 3.43. The van der Waals surface area contributed by atoms with Gasteiger partial charge in [-0.15, -0.1) is 0 Å². The molecule has 1 aromatic rings. The van der Waals surface area contributed by atoms with E-state index < -0.39 is 0 Å². The van der Waals surface area contributed by atoms with Gasteiger partial charge in [0.2, 0.25) is 0 Å². The van der Waals surface area contributed by atoms with Crippen molar-refractivity contribution in [2.75, 3.05) is 20.3 Å². The third kappa shape index (κ3) is 3.85. The van der Waals surface area contributed by atoms with E-state index in [1.807, 2.05) is 7.05 Å². The molecule has 0 fully saturated rings. The van der Waals surface area contributed by atoms with Gasteiger partial charge < -0.3 is 14.8 Å². The molecule has 0 bridgehead atoms. The zero-order chi connectivity index (χ0) is 15.4. The lowest BCUT2D eigenvalue weighted by molar-refractivity contribution is -0.385. The normalized spacial score (nSPS) is 15.0. The van der Waals surface area contributed by atoms with Gasteiger partial charge in [0.1, 0.15) is 13.2 Å². The molecular weight excluding hydrogens is 272 g/mol. The maximum Gasteiger partial charge on any atom is 0.276 e. The number of benzene rings is 1. The molecule has 0 saturated carbocycles. The van der Waals surface area contributed by atoms with Crippen LogP contribution in [0.15, 0.2) is 12.1 Å². The highest BCUT2D eigenvalue weighted by atomic mass is 16.6. The molecule has 116 valence electrons. The number of hydrogen-bond donors (Lipinski definition) is 1. The number of rotatable bonds is 6. The van der Waals surface area contributed by atoms with Gasteiger partial charge in [0.05, 0.1) is 11.0 Å². The Labute approximate surface area is 124 Å². The highest BCUT2D eigenvalue weighted by molar-refractivity contribution is 5.55. The molecule has 0 spiro atoms. The Balaban J connectivity index is 2.29. The second kappa shape index (κ2) is 6.76. The maximum atomic E-state index is 11.3. The Morgan fingerprint density at radius 2 is 1.90 bits per heavy atom. The van der Waals surface area contributed by atoms with E-state index in [2.05, 4.69) is 19.2 Å². The van der Waals surface area contributed by atoms with Crippen molar-refractivity contribution in [1.82, 2.24) is 5.32 Å². The molecule has 6 heteroatoms. The number of hydrogen-bond acceptors (Lipinski definition) is 5. The molecule has 6 nitrogen and oxygen atoms in total. The minimum atomic E-state index is -0.352. The summed E-state index contributed by atoms with van der Waals surface area (Å²) in [6.45, 7) is 5.19. The monoisotopic (exact) mass is 294 g/mol. The lowest BCUT2D eigenvalue weighted by Gasteiger charge is -2.21. The molecule has 1 N–H and O–H groups in total. The number of likely N-dealkylation sites (N-methyl/N-ethyl adjacent to an activating group) is 1. The quantitative estimate of drug-likeness (QED) is 0.644. The first-order chi connectivity index (χ1) is 10.0. The summed E-state index contributed by atoms with van der Waals surface area (Å²) in [5.74, 6) is 1.58. The zero-order valence-electron chi connectivity index (χ0n) is 12.7. The number of nitro benzene ring substituents is 1. The van der Waals surface area contributed by atoms with Crippen molar-refractivity contribution >= 4 is 5.69 Å². The number of nitrogens with one attached hydrogen (secondary N) is 1. The number of nitrogens with zero attached hydrogens (tertiary/aromatic N) is 1. The van der Waals surface area contributed by atoms with E-state index in [9.17, 15) is 10.1 Å². The van der Waals surface area contributed by atoms with Gasteiger partial charge in [0, 0.05) is 11.6 Å². The molecule has 1 heterocycles. The second-order valence-corrected chi connectivity index (χ2v) is 5.70. The highest BCUT2D eigenvalue weighted by Crippen LogP contribution is 2.37. The Morgan fingerprint density at radius 1 is 1.29 bits per heavy atom. The van der Waals surface area contributed by atoms with Crippen LogP contribution < -0.4 is 14.8 Å². The Hall–Kier alpha value is -1.82.